The Hall–Kier alpha value is -3.13. The van der Waals surface area contributed by atoms with Crippen LogP contribution in [0.15, 0.2) is 47.5 Å². The van der Waals surface area contributed by atoms with Gasteiger partial charge in [-0.25, -0.2) is 9.38 Å². The lowest BCUT2D eigenvalue weighted by Crippen LogP contribution is -2.36. The van der Waals surface area contributed by atoms with Gasteiger partial charge in [0.05, 0.1) is 12.6 Å². The normalized spacial score (nSPS) is 18.2. The molecule has 2 N–H and O–H groups in total. The Morgan fingerprint density at radius 3 is 2.75 bits per heavy atom. The van der Waals surface area contributed by atoms with Crippen LogP contribution in [0.2, 0.25) is 0 Å². The number of benzene rings is 2. The van der Waals surface area contributed by atoms with Crippen LogP contribution in [-0.2, 0) is 4.74 Å². The van der Waals surface area contributed by atoms with Crippen LogP contribution >= 0.6 is 0 Å². The summed E-state index contributed by atoms with van der Waals surface area (Å²) in [6, 6.07) is 10.8. The summed E-state index contributed by atoms with van der Waals surface area (Å²) in [5, 5.41) is 5.79. The van der Waals surface area contributed by atoms with E-state index < -0.39 is 0 Å². The second kappa shape index (κ2) is 8.26. The molecule has 1 amide bonds. The van der Waals surface area contributed by atoms with Crippen molar-refractivity contribution in [3.05, 3.63) is 53.8 Å². The molecule has 4 rings (SSSR count). The molecule has 1 fully saturated rings. The molecule has 0 saturated carbocycles. The number of hydrogen-bond acceptors (Lipinski definition) is 5. The van der Waals surface area contributed by atoms with E-state index >= 15 is 0 Å². The third-order valence-electron chi connectivity index (χ3n) is 4.45. The molecule has 2 heterocycles. The van der Waals surface area contributed by atoms with E-state index in [9.17, 15) is 9.18 Å². The number of anilines is 1. The van der Waals surface area contributed by atoms with Gasteiger partial charge in [0.25, 0.3) is 5.91 Å². The topological polar surface area (TPSA) is 81.2 Å². The molecule has 0 unspecified atom stereocenters. The number of fused-ring (bicyclic) bond motifs is 1. The van der Waals surface area contributed by atoms with Crippen molar-refractivity contribution in [3.63, 3.8) is 0 Å². The third kappa shape index (κ3) is 4.40. The van der Waals surface area contributed by atoms with Crippen molar-refractivity contribution < 1.29 is 23.4 Å². The molecule has 7 nitrogen and oxygen atoms in total. The first-order chi connectivity index (χ1) is 13.7. The van der Waals surface area contributed by atoms with E-state index in [0.717, 1.165) is 19.4 Å². The van der Waals surface area contributed by atoms with Crippen molar-refractivity contribution in [2.45, 2.75) is 18.9 Å². The zero-order valence-electron chi connectivity index (χ0n) is 15.1. The lowest BCUT2D eigenvalue weighted by Gasteiger charge is -2.13. The number of halogens is 1. The summed E-state index contributed by atoms with van der Waals surface area (Å²) in [5.41, 5.74) is 1.02. The van der Waals surface area contributed by atoms with Gasteiger partial charge in [0.1, 0.15) is 5.82 Å². The van der Waals surface area contributed by atoms with E-state index in [2.05, 4.69) is 15.6 Å². The van der Waals surface area contributed by atoms with Gasteiger partial charge >= 0.3 is 0 Å². The van der Waals surface area contributed by atoms with Gasteiger partial charge in [-0.05, 0) is 55.3 Å². The number of amides is 1. The molecule has 2 aliphatic heterocycles. The first kappa shape index (κ1) is 18.2. The summed E-state index contributed by atoms with van der Waals surface area (Å²) in [4.78, 5) is 17.1. The van der Waals surface area contributed by atoms with E-state index in [0.29, 0.717) is 29.3 Å². The number of hydrogen-bond donors (Lipinski definition) is 2. The third-order valence-corrected chi connectivity index (χ3v) is 4.45. The minimum atomic E-state index is -0.348. The SMILES string of the molecule is O=C(NC(=NC[C@@H]1CCCO1)Nc1ccc(F)cc1)c1ccc2c(c1)OCO2. The Morgan fingerprint density at radius 1 is 1.14 bits per heavy atom. The van der Waals surface area contributed by atoms with Crippen molar-refractivity contribution in [1.82, 2.24) is 5.32 Å². The summed E-state index contributed by atoms with van der Waals surface area (Å²) in [6.07, 6.45) is 1.97. The minimum Gasteiger partial charge on any atom is -0.454 e. The smallest absolute Gasteiger partial charge is 0.258 e. The van der Waals surface area contributed by atoms with Crippen LogP contribution in [0.4, 0.5) is 10.1 Å². The Morgan fingerprint density at radius 2 is 1.96 bits per heavy atom. The molecule has 2 aromatic carbocycles. The fourth-order valence-electron chi connectivity index (χ4n) is 2.98. The summed E-state index contributed by atoms with van der Waals surface area (Å²) >= 11 is 0. The highest BCUT2D eigenvalue weighted by molar-refractivity contribution is 6.10. The van der Waals surface area contributed by atoms with Crippen LogP contribution in [0.3, 0.4) is 0 Å². The Balaban J connectivity index is 1.49. The van der Waals surface area contributed by atoms with Gasteiger partial charge in [-0.15, -0.1) is 0 Å². The van der Waals surface area contributed by atoms with Crippen molar-refractivity contribution in [2.24, 2.45) is 4.99 Å². The maximum Gasteiger partial charge on any atom is 0.258 e. The Labute approximate surface area is 161 Å². The molecule has 1 saturated heterocycles. The molecular formula is C20H20FN3O4. The predicted octanol–water partition coefficient (Wildman–Crippen LogP) is 2.93. The van der Waals surface area contributed by atoms with Crippen LogP contribution in [0.25, 0.3) is 0 Å². The average molecular weight is 385 g/mol. The highest BCUT2D eigenvalue weighted by Gasteiger charge is 2.18. The molecule has 0 aliphatic carbocycles. The lowest BCUT2D eigenvalue weighted by atomic mass is 10.2. The largest absolute Gasteiger partial charge is 0.454 e. The first-order valence-corrected chi connectivity index (χ1v) is 9.07. The van der Waals surface area contributed by atoms with E-state index in [1.807, 2.05) is 0 Å². The van der Waals surface area contributed by atoms with Gasteiger partial charge in [0.2, 0.25) is 12.8 Å². The van der Waals surface area contributed by atoms with E-state index in [1.54, 1.807) is 30.3 Å². The van der Waals surface area contributed by atoms with Crippen molar-refractivity contribution in [3.8, 4) is 11.5 Å². The summed E-state index contributed by atoms with van der Waals surface area (Å²) < 4.78 is 29.3. The molecule has 1 atom stereocenters. The number of ether oxygens (including phenoxy) is 3. The second-order valence-corrected chi connectivity index (χ2v) is 6.48. The number of carbonyl (C=O) groups excluding carboxylic acids is 1. The number of nitrogens with one attached hydrogen (secondary N) is 2. The predicted molar refractivity (Wildman–Crippen MR) is 101 cm³/mol. The second-order valence-electron chi connectivity index (χ2n) is 6.48. The molecule has 0 radical (unpaired) electrons. The quantitative estimate of drug-likeness (QED) is 0.625. The average Bonchev–Trinajstić information content (AvgIpc) is 3.38. The van der Waals surface area contributed by atoms with E-state index in [1.165, 1.54) is 12.1 Å². The van der Waals surface area contributed by atoms with Gasteiger partial charge in [-0.2, -0.15) is 0 Å². The summed E-state index contributed by atoms with van der Waals surface area (Å²) in [6.45, 7) is 1.29. The van der Waals surface area contributed by atoms with E-state index in [-0.39, 0.29) is 30.6 Å². The number of guanidine groups is 1. The van der Waals surface area contributed by atoms with Gasteiger partial charge < -0.3 is 19.5 Å². The summed E-state index contributed by atoms with van der Waals surface area (Å²) in [5.74, 6) is 0.710. The number of carbonyl (C=O) groups is 1. The van der Waals surface area contributed by atoms with Crippen LogP contribution < -0.4 is 20.1 Å². The zero-order valence-corrected chi connectivity index (χ0v) is 15.1. The molecule has 146 valence electrons. The van der Waals surface area contributed by atoms with E-state index in [4.69, 9.17) is 14.2 Å². The van der Waals surface area contributed by atoms with Crippen LogP contribution in [-0.4, -0.2) is 37.9 Å². The summed E-state index contributed by atoms with van der Waals surface area (Å²) in [7, 11) is 0. The number of nitrogens with zero attached hydrogens (tertiary/aromatic N) is 1. The first-order valence-electron chi connectivity index (χ1n) is 9.07. The standard InChI is InChI=1S/C20H20FN3O4/c21-14-4-6-15(7-5-14)23-20(22-11-16-2-1-9-26-16)24-19(25)13-3-8-17-18(10-13)28-12-27-17/h3-8,10,16H,1-2,9,11-12H2,(H2,22,23,24,25)/t16-/m0/s1. The fourth-order valence-corrected chi connectivity index (χ4v) is 2.98. The van der Waals surface area contributed by atoms with Crippen LogP contribution in [0.1, 0.15) is 23.2 Å². The van der Waals surface area contributed by atoms with Gasteiger partial charge in [0.15, 0.2) is 11.5 Å². The molecule has 0 spiro atoms. The molecule has 2 aliphatic rings. The monoisotopic (exact) mass is 385 g/mol. The molecular weight excluding hydrogens is 365 g/mol. The van der Waals surface area contributed by atoms with Crippen LogP contribution in [0.5, 0.6) is 11.5 Å². The highest BCUT2D eigenvalue weighted by atomic mass is 19.1. The molecule has 0 bridgehead atoms. The molecule has 0 aromatic heterocycles. The Bertz CT molecular complexity index is 880. The zero-order chi connectivity index (χ0) is 19.3. The van der Waals surface area contributed by atoms with Gasteiger partial charge in [-0.3, -0.25) is 10.1 Å². The molecule has 2 aromatic rings. The maximum atomic E-state index is 13.2. The van der Waals surface area contributed by atoms with Crippen molar-refractivity contribution >= 4 is 17.6 Å². The fraction of sp³-hybridized carbons (Fsp3) is 0.300. The van der Waals surface area contributed by atoms with Gasteiger partial charge in [-0.1, -0.05) is 0 Å². The lowest BCUT2D eigenvalue weighted by molar-refractivity contribution is 0.0975. The van der Waals surface area contributed by atoms with Crippen molar-refractivity contribution in [2.75, 3.05) is 25.3 Å². The number of rotatable bonds is 4. The van der Waals surface area contributed by atoms with Crippen molar-refractivity contribution in [1.29, 1.82) is 0 Å². The number of aliphatic imine (C=N–C) groups is 1. The molecule has 8 heteroatoms. The maximum absolute atomic E-state index is 13.2. The Kier molecular flexibility index (Phi) is 5.38. The van der Waals surface area contributed by atoms with Crippen LogP contribution in [0, 0.1) is 5.82 Å². The highest BCUT2D eigenvalue weighted by Crippen LogP contribution is 2.32. The minimum absolute atomic E-state index is 0.0347. The van der Waals surface area contributed by atoms with Gasteiger partial charge in [0, 0.05) is 17.9 Å². The molecule has 28 heavy (non-hydrogen) atoms.